The zero-order valence-corrected chi connectivity index (χ0v) is 15.5. The van der Waals surface area contributed by atoms with Gasteiger partial charge in [0.25, 0.3) is 0 Å². The molecular weight excluding hydrogens is 324 g/mol. The van der Waals surface area contributed by atoms with Crippen molar-refractivity contribution in [3.8, 4) is 17.2 Å². The third-order valence-electron chi connectivity index (χ3n) is 4.59. The topological polar surface area (TPSA) is 77.1 Å². The zero-order valence-electron chi connectivity index (χ0n) is 15.5. The third-order valence-corrected chi connectivity index (χ3v) is 4.59. The number of carbonyl (C=O) groups excluding carboxylic acids is 2. The fraction of sp³-hybridized carbons (Fsp3) is 0.556. The maximum absolute atomic E-state index is 12.8. The van der Waals surface area contributed by atoms with Crippen molar-refractivity contribution in [2.45, 2.75) is 38.6 Å². The smallest absolute Gasteiger partial charge is 0.250 e. The molecule has 1 unspecified atom stereocenters. The second kappa shape index (κ2) is 7.63. The zero-order chi connectivity index (χ0) is 18.6. The lowest BCUT2D eigenvalue weighted by atomic mass is 9.85. The lowest BCUT2D eigenvalue weighted by molar-refractivity contribution is -0.154. The molecular formula is C18H26N2O5. The number of ether oxygens (including phenoxy) is 3. The van der Waals surface area contributed by atoms with Crippen LogP contribution in [0.15, 0.2) is 12.1 Å². The molecule has 1 fully saturated rings. The average Bonchev–Trinajstić information content (AvgIpc) is 2.59. The number of likely N-dealkylation sites (tertiary alicyclic amines) is 1. The maximum Gasteiger partial charge on any atom is 0.250 e. The van der Waals surface area contributed by atoms with E-state index in [1.807, 2.05) is 6.92 Å². The Morgan fingerprint density at radius 1 is 1.16 bits per heavy atom. The van der Waals surface area contributed by atoms with Crippen LogP contribution in [0.1, 0.15) is 33.1 Å². The number of nitrogens with one attached hydrogen (secondary N) is 1. The van der Waals surface area contributed by atoms with Gasteiger partial charge in [-0.1, -0.05) is 6.92 Å². The fourth-order valence-electron chi connectivity index (χ4n) is 2.96. The molecule has 0 spiro atoms. The highest BCUT2D eigenvalue weighted by Gasteiger charge is 2.49. The SMILES string of the molecule is CCCC(=O)N1CCC1(C)C(=O)Nc1cc(OC)c(OC)c(OC)c1. The number of anilines is 1. The van der Waals surface area contributed by atoms with Crippen LogP contribution in [0.25, 0.3) is 0 Å². The van der Waals surface area contributed by atoms with Gasteiger partial charge >= 0.3 is 0 Å². The van der Waals surface area contributed by atoms with Crippen LogP contribution in [-0.4, -0.2) is 50.1 Å². The van der Waals surface area contributed by atoms with Gasteiger partial charge in [-0.05, 0) is 19.8 Å². The molecule has 1 atom stereocenters. The minimum Gasteiger partial charge on any atom is -0.493 e. The number of hydrogen-bond donors (Lipinski definition) is 1. The van der Waals surface area contributed by atoms with E-state index < -0.39 is 5.54 Å². The Morgan fingerprint density at radius 3 is 2.16 bits per heavy atom. The van der Waals surface area contributed by atoms with Crippen LogP contribution in [0.2, 0.25) is 0 Å². The molecule has 1 saturated heterocycles. The number of hydrogen-bond acceptors (Lipinski definition) is 5. The van der Waals surface area contributed by atoms with Crippen LogP contribution in [0.5, 0.6) is 17.2 Å². The summed E-state index contributed by atoms with van der Waals surface area (Å²) in [7, 11) is 4.55. The monoisotopic (exact) mass is 350 g/mol. The van der Waals surface area contributed by atoms with Crippen molar-refractivity contribution in [1.29, 1.82) is 0 Å². The number of benzene rings is 1. The predicted molar refractivity (Wildman–Crippen MR) is 94.4 cm³/mol. The van der Waals surface area contributed by atoms with Crippen molar-refractivity contribution >= 4 is 17.5 Å². The van der Waals surface area contributed by atoms with E-state index in [-0.39, 0.29) is 11.8 Å². The van der Waals surface area contributed by atoms with Crippen molar-refractivity contribution in [3.63, 3.8) is 0 Å². The van der Waals surface area contributed by atoms with E-state index in [1.54, 1.807) is 24.0 Å². The van der Waals surface area contributed by atoms with Crippen LogP contribution in [-0.2, 0) is 9.59 Å². The van der Waals surface area contributed by atoms with Crippen molar-refractivity contribution in [2.24, 2.45) is 0 Å². The minimum atomic E-state index is -0.827. The number of amides is 2. The molecule has 0 aromatic heterocycles. The van der Waals surface area contributed by atoms with E-state index in [4.69, 9.17) is 14.2 Å². The number of carbonyl (C=O) groups is 2. The summed E-state index contributed by atoms with van der Waals surface area (Å²) in [6.45, 7) is 4.35. The molecule has 1 aromatic carbocycles. The van der Waals surface area contributed by atoms with Gasteiger partial charge in [-0.15, -0.1) is 0 Å². The Morgan fingerprint density at radius 2 is 1.76 bits per heavy atom. The quantitative estimate of drug-likeness (QED) is 0.817. The predicted octanol–water partition coefficient (Wildman–Crippen LogP) is 2.44. The average molecular weight is 350 g/mol. The van der Waals surface area contributed by atoms with Gasteiger partial charge in [0.15, 0.2) is 11.5 Å². The first-order valence-corrected chi connectivity index (χ1v) is 8.33. The molecule has 1 aliphatic rings. The molecule has 2 rings (SSSR count). The third kappa shape index (κ3) is 3.50. The lowest BCUT2D eigenvalue weighted by Gasteiger charge is -2.49. The summed E-state index contributed by atoms with van der Waals surface area (Å²) in [6.07, 6.45) is 1.85. The van der Waals surface area contributed by atoms with Crippen molar-refractivity contribution in [1.82, 2.24) is 4.90 Å². The molecule has 2 amide bonds. The van der Waals surface area contributed by atoms with Gasteiger partial charge in [-0.25, -0.2) is 0 Å². The Labute approximate surface area is 148 Å². The van der Waals surface area contributed by atoms with Crippen LogP contribution < -0.4 is 19.5 Å². The molecule has 0 radical (unpaired) electrons. The summed E-state index contributed by atoms with van der Waals surface area (Å²) in [4.78, 5) is 26.6. The first kappa shape index (κ1) is 18.9. The maximum atomic E-state index is 12.8. The van der Waals surface area contributed by atoms with Crippen LogP contribution in [0, 0.1) is 0 Å². The van der Waals surface area contributed by atoms with E-state index in [1.165, 1.54) is 21.3 Å². The fourth-order valence-corrected chi connectivity index (χ4v) is 2.96. The molecule has 1 N–H and O–H groups in total. The Kier molecular flexibility index (Phi) is 5.77. The van der Waals surface area contributed by atoms with Crippen molar-refractivity contribution in [2.75, 3.05) is 33.2 Å². The van der Waals surface area contributed by atoms with E-state index in [0.717, 1.165) is 6.42 Å². The standard InChI is InChI=1S/C18H26N2O5/c1-6-7-15(21)20-9-8-18(20,2)17(22)19-12-10-13(23-3)16(25-5)14(11-12)24-4/h10-11H,6-9H2,1-5H3,(H,19,22). The first-order chi connectivity index (χ1) is 11.9. The molecule has 0 aliphatic carbocycles. The second-order valence-electron chi connectivity index (χ2n) is 6.19. The van der Waals surface area contributed by atoms with Gasteiger partial charge in [-0.2, -0.15) is 0 Å². The van der Waals surface area contributed by atoms with E-state index in [0.29, 0.717) is 42.3 Å². The van der Waals surface area contributed by atoms with Crippen LogP contribution in [0.3, 0.4) is 0 Å². The summed E-state index contributed by atoms with van der Waals surface area (Å²) >= 11 is 0. The first-order valence-electron chi connectivity index (χ1n) is 8.33. The highest BCUT2D eigenvalue weighted by atomic mass is 16.5. The van der Waals surface area contributed by atoms with Crippen LogP contribution in [0.4, 0.5) is 5.69 Å². The van der Waals surface area contributed by atoms with Gasteiger partial charge in [0.2, 0.25) is 17.6 Å². The molecule has 1 aromatic rings. The normalized spacial score (nSPS) is 19.0. The molecule has 7 nitrogen and oxygen atoms in total. The number of methoxy groups -OCH3 is 3. The summed E-state index contributed by atoms with van der Waals surface area (Å²) in [5.74, 6) is 1.15. The lowest BCUT2D eigenvalue weighted by Crippen LogP contribution is -2.66. The molecule has 138 valence electrons. The van der Waals surface area contributed by atoms with E-state index >= 15 is 0 Å². The largest absolute Gasteiger partial charge is 0.493 e. The van der Waals surface area contributed by atoms with Gasteiger partial charge in [0.05, 0.1) is 21.3 Å². The molecule has 25 heavy (non-hydrogen) atoms. The summed E-state index contributed by atoms with van der Waals surface area (Å²) in [5.41, 5.74) is -0.303. The summed E-state index contributed by atoms with van der Waals surface area (Å²) < 4.78 is 15.9. The van der Waals surface area contributed by atoms with Gasteiger partial charge in [-0.3, -0.25) is 9.59 Å². The van der Waals surface area contributed by atoms with Crippen molar-refractivity contribution in [3.05, 3.63) is 12.1 Å². The van der Waals surface area contributed by atoms with E-state index in [2.05, 4.69) is 5.32 Å². The minimum absolute atomic E-state index is 0.0105. The molecule has 1 heterocycles. The summed E-state index contributed by atoms with van der Waals surface area (Å²) in [6, 6.07) is 3.33. The molecule has 1 aliphatic heterocycles. The van der Waals surface area contributed by atoms with Gasteiger partial charge in [0.1, 0.15) is 5.54 Å². The van der Waals surface area contributed by atoms with E-state index in [9.17, 15) is 9.59 Å². The Hall–Kier alpha value is -2.44. The Bertz CT molecular complexity index is 636. The number of nitrogens with zero attached hydrogens (tertiary/aromatic N) is 1. The molecule has 0 bridgehead atoms. The highest BCUT2D eigenvalue weighted by Crippen LogP contribution is 2.40. The Balaban J connectivity index is 2.21. The van der Waals surface area contributed by atoms with Crippen molar-refractivity contribution < 1.29 is 23.8 Å². The van der Waals surface area contributed by atoms with Gasteiger partial charge in [0, 0.05) is 30.8 Å². The summed E-state index contributed by atoms with van der Waals surface area (Å²) in [5, 5.41) is 2.86. The molecule has 7 heteroatoms. The number of rotatable bonds is 7. The second-order valence-corrected chi connectivity index (χ2v) is 6.19. The molecule has 0 saturated carbocycles. The van der Waals surface area contributed by atoms with Gasteiger partial charge < -0.3 is 24.4 Å². The van der Waals surface area contributed by atoms with Crippen LogP contribution >= 0.6 is 0 Å². The highest BCUT2D eigenvalue weighted by molar-refractivity contribution is 6.01.